The molecule has 4 amide bonds. The molecular weight excluding hydrogens is 1010 g/mol. The summed E-state index contributed by atoms with van der Waals surface area (Å²) >= 11 is 0. The second kappa shape index (κ2) is 29.8. The normalized spacial score (nSPS) is 30.2. The number of esters is 1. The van der Waals surface area contributed by atoms with Crippen molar-refractivity contribution >= 4 is 41.2 Å². The molecule has 19 heteroatoms. The monoisotopic (exact) mass is 1100 g/mol. The fraction of sp³-hybridized carbons (Fsp3) is 0.746. The number of amides is 4. The number of Topliss-reactive ketones (excluding diaryl/α,β-unsaturated/α-hetero) is 3. The number of fused-ring (bicyclic) bond motifs is 1. The number of methoxy groups -OCH3 is 2. The molecule has 438 valence electrons. The van der Waals surface area contributed by atoms with Crippen LogP contribution in [-0.4, -0.2) is 174 Å². The molecule has 4 heterocycles. The van der Waals surface area contributed by atoms with E-state index in [2.05, 4.69) is 11.9 Å². The molecule has 17 atom stereocenters. The Kier molecular flexibility index (Phi) is 24.6. The molecule has 0 aromatic heterocycles. The highest BCUT2D eigenvalue weighted by Gasteiger charge is 2.53. The predicted molar refractivity (Wildman–Crippen MR) is 289 cm³/mol. The second-order valence-corrected chi connectivity index (χ2v) is 22.9. The number of hydrogen-bond donors (Lipinski definition) is 4. The fourth-order valence-electron chi connectivity index (χ4n) is 12.1. The maximum absolute atomic E-state index is 14.6. The molecule has 1 saturated carbocycles. The average Bonchev–Trinajstić information content (AvgIpc) is 3.96. The van der Waals surface area contributed by atoms with Gasteiger partial charge in [-0.1, -0.05) is 71.6 Å². The molecule has 4 N–H and O–H groups in total. The summed E-state index contributed by atoms with van der Waals surface area (Å²) in [6.45, 7) is 18.9. The Morgan fingerprint density at radius 3 is 2.36 bits per heavy atom. The molecule has 0 bridgehead atoms. The number of carbonyl (C=O) groups excluding carboxylic acids is 7. The highest BCUT2D eigenvalue weighted by Crippen LogP contribution is 2.38. The van der Waals surface area contributed by atoms with Crippen LogP contribution < -0.4 is 5.32 Å². The minimum atomic E-state index is -2.53. The minimum absolute atomic E-state index is 0.0365. The third kappa shape index (κ3) is 16.6. The van der Waals surface area contributed by atoms with Crippen molar-refractivity contribution < 1.29 is 77.3 Å². The number of aliphatic hydroxyl groups excluding tert-OH is 2. The summed E-state index contributed by atoms with van der Waals surface area (Å²) in [5, 5.41) is 36.4. The van der Waals surface area contributed by atoms with E-state index in [9.17, 15) is 48.9 Å². The van der Waals surface area contributed by atoms with Gasteiger partial charge in [0, 0.05) is 64.3 Å². The van der Waals surface area contributed by atoms with Crippen LogP contribution in [0.15, 0.2) is 48.1 Å². The second-order valence-electron chi connectivity index (χ2n) is 22.9. The first-order valence-corrected chi connectivity index (χ1v) is 28.4. The first-order valence-electron chi connectivity index (χ1n) is 28.4. The number of aliphatic hydroxyl groups is 3. The number of piperidine rings is 1. The Labute approximate surface area is 461 Å². The van der Waals surface area contributed by atoms with Crippen LogP contribution in [0.25, 0.3) is 0 Å². The van der Waals surface area contributed by atoms with Crippen molar-refractivity contribution in [3.63, 3.8) is 0 Å². The minimum Gasteiger partial charge on any atom is -0.460 e. The molecule has 0 aromatic carbocycles. The quantitative estimate of drug-likeness (QED) is 0.0170. The van der Waals surface area contributed by atoms with E-state index in [1.54, 1.807) is 53.0 Å². The van der Waals surface area contributed by atoms with Gasteiger partial charge in [-0.3, -0.25) is 29.3 Å². The Morgan fingerprint density at radius 2 is 1.69 bits per heavy atom. The number of allylic oxidation sites excluding steroid dienone is 5. The lowest BCUT2D eigenvalue weighted by Gasteiger charge is -2.43. The number of rotatable bonds is 29. The Morgan fingerprint density at radius 1 is 0.962 bits per heavy atom. The van der Waals surface area contributed by atoms with Gasteiger partial charge in [0.2, 0.25) is 5.79 Å². The van der Waals surface area contributed by atoms with Gasteiger partial charge in [0.1, 0.15) is 36.2 Å². The standard InChI is InChI=1S/C59H91N3O16/c1-12-16-34(3)26-38(7)51(65)53(74-11)52(66)39(8)27-36(5)47(64)32-49(37(6)28-41-20-22-46(63)50(29-41)73-10)77-57(70)44-18-14-15-23-61(44)56(69)54(67)59(72)40(9)19-21-42(78-59)31-48(35(4)17-13-2)76-25-24-75-43-30-45-55(68)60-58(71)62(45)33-43/h12-13,16-17,27,34,36-38,40-46,48-50,52-53,63,66,72H,2,14-15,18-26,28-33H2,1,3-11H3,(H,60,68,71)/b16-12+,35-17+,39-27+/t34-,36-,37-,38-,40-,41+,42+,43-,44+,45+,46-,48+,49+,50-,52-,53+,59-/m1/s1. The van der Waals surface area contributed by atoms with E-state index >= 15 is 0 Å². The van der Waals surface area contributed by atoms with Gasteiger partial charge in [-0.15, -0.1) is 0 Å². The number of ether oxygens (including phenoxy) is 6. The lowest BCUT2D eigenvalue weighted by atomic mass is 9.78. The third-order valence-electron chi connectivity index (χ3n) is 16.9. The number of nitrogens with one attached hydrogen (secondary N) is 1. The van der Waals surface area contributed by atoms with Crippen molar-refractivity contribution in [2.24, 2.45) is 35.5 Å². The number of nitrogens with zero attached hydrogens (tertiary/aromatic N) is 2. The molecule has 0 spiro atoms. The van der Waals surface area contributed by atoms with E-state index < -0.39 is 95.9 Å². The number of carbonyl (C=O) groups is 7. The number of imide groups is 1. The molecule has 19 nitrogen and oxygen atoms in total. The van der Waals surface area contributed by atoms with Gasteiger partial charge in [0.15, 0.2) is 5.78 Å². The molecule has 4 aliphatic heterocycles. The SMILES string of the molecule is C=C/C=C(\C)[C@H](C[C@@H]1CC[C@@H](C)[C@](O)(C(=O)C(=O)N2CCCC[C@H]2C(=O)O[C@@H](CC(=O)[C@H](C)/C=C(\C)[C@@H](O)[C@@H](OC)C(=O)[C@H](C)C[C@H](C)/C=C/C)[C@H](C)C[C@@H]2CC[C@@H](O)[C@H](OC)C2)O1)OCCO[C@@H]1C[C@H]2C(=O)NC(=O)N2C1. The van der Waals surface area contributed by atoms with Crippen molar-refractivity contribution in [3.8, 4) is 0 Å². The van der Waals surface area contributed by atoms with Gasteiger partial charge in [-0.25, -0.2) is 9.59 Å². The van der Waals surface area contributed by atoms with E-state index in [4.69, 9.17) is 28.4 Å². The third-order valence-corrected chi connectivity index (χ3v) is 16.9. The summed E-state index contributed by atoms with van der Waals surface area (Å²) in [6.07, 6.45) is 8.16. The van der Waals surface area contributed by atoms with Gasteiger partial charge in [0.25, 0.3) is 17.6 Å². The zero-order valence-corrected chi connectivity index (χ0v) is 47.9. The zero-order valence-electron chi connectivity index (χ0n) is 47.9. The topological polar surface area (TPSA) is 254 Å². The Bertz CT molecular complexity index is 2180. The van der Waals surface area contributed by atoms with Gasteiger partial charge >= 0.3 is 12.0 Å². The average molecular weight is 1100 g/mol. The van der Waals surface area contributed by atoms with Crippen LogP contribution in [0.3, 0.4) is 0 Å². The molecule has 78 heavy (non-hydrogen) atoms. The summed E-state index contributed by atoms with van der Waals surface area (Å²) in [5.41, 5.74) is 1.17. The van der Waals surface area contributed by atoms with Crippen LogP contribution >= 0.6 is 0 Å². The first-order chi connectivity index (χ1) is 37.0. The number of urea groups is 1. The highest BCUT2D eigenvalue weighted by molar-refractivity contribution is 6.39. The fourth-order valence-corrected chi connectivity index (χ4v) is 12.1. The number of ketones is 3. The molecule has 1 aliphatic carbocycles. The molecule has 5 rings (SSSR count). The van der Waals surface area contributed by atoms with E-state index in [-0.39, 0.29) is 93.0 Å². The number of hydrogen-bond acceptors (Lipinski definition) is 16. The number of likely N-dealkylation sites (tertiary alicyclic amines) is 1. The molecule has 0 radical (unpaired) electrons. The van der Waals surface area contributed by atoms with Crippen molar-refractivity contribution in [2.45, 2.75) is 206 Å². The molecule has 5 aliphatic rings. The van der Waals surface area contributed by atoms with Crippen LogP contribution in [0.5, 0.6) is 0 Å². The van der Waals surface area contributed by atoms with Crippen LogP contribution in [0.1, 0.15) is 139 Å². The first kappa shape index (κ1) is 64.4. The van der Waals surface area contributed by atoms with Gasteiger partial charge in [0.05, 0.1) is 43.7 Å². The van der Waals surface area contributed by atoms with Crippen LogP contribution in [0, 0.1) is 35.5 Å². The largest absolute Gasteiger partial charge is 0.460 e. The Hall–Kier alpha value is -4.47. The summed E-state index contributed by atoms with van der Waals surface area (Å²) in [7, 11) is 2.92. The molecule has 0 aromatic rings. The predicted octanol–water partition coefficient (Wildman–Crippen LogP) is 5.90. The summed E-state index contributed by atoms with van der Waals surface area (Å²) in [5.74, 6) is -8.59. The molecule has 0 unspecified atom stereocenters. The van der Waals surface area contributed by atoms with E-state index in [0.29, 0.717) is 69.8 Å². The van der Waals surface area contributed by atoms with Crippen molar-refractivity contribution in [1.82, 2.24) is 15.1 Å². The zero-order chi connectivity index (χ0) is 57.6. The summed E-state index contributed by atoms with van der Waals surface area (Å²) in [6, 6.07) is -2.18. The maximum atomic E-state index is 14.6. The van der Waals surface area contributed by atoms with Gasteiger partial charge in [-0.2, -0.15) is 0 Å². The molecular formula is C59H91N3O16. The molecule has 4 saturated heterocycles. The van der Waals surface area contributed by atoms with Crippen LogP contribution in [0.2, 0.25) is 0 Å². The Balaban J connectivity index is 1.27. The highest BCUT2D eigenvalue weighted by atomic mass is 16.6. The van der Waals surface area contributed by atoms with E-state index in [0.717, 1.165) is 10.5 Å². The lowest BCUT2D eigenvalue weighted by Crippen LogP contribution is -2.61. The van der Waals surface area contributed by atoms with E-state index in [1.165, 1.54) is 12.0 Å². The lowest BCUT2D eigenvalue weighted by molar-refractivity contribution is -0.266. The van der Waals surface area contributed by atoms with Crippen molar-refractivity contribution in [3.05, 3.63) is 48.1 Å². The van der Waals surface area contributed by atoms with Crippen LogP contribution in [0.4, 0.5) is 4.79 Å². The van der Waals surface area contributed by atoms with Crippen molar-refractivity contribution in [1.29, 1.82) is 0 Å². The van der Waals surface area contributed by atoms with E-state index in [1.807, 2.05) is 39.8 Å². The van der Waals surface area contributed by atoms with Crippen molar-refractivity contribution in [2.75, 3.05) is 40.5 Å². The summed E-state index contributed by atoms with van der Waals surface area (Å²) < 4.78 is 35.9. The summed E-state index contributed by atoms with van der Waals surface area (Å²) in [4.78, 5) is 98.0. The maximum Gasteiger partial charge on any atom is 0.329 e. The van der Waals surface area contributed by atoms with Gasteiger partial charge in [-0.05, 0) is 114 Å². The van der Waals surface area contributed by atoms with Crippen LogP contribution in [-0.2, 0) is 57.2 Å². The van der Waals surface area contributed by atoms with Gasteiger partial charge < -0.3 is 53.5 Å². The smallest absolute Gasteiger partial charge is 0.329 e. The molecule has 5 fully saturated rings.